The molecule has 0 saturated heterocycles. The number of aryl methyl sites for hydroxylation is 1. The molecule has 0 spiro atoms. The average Bonchev–Trinajstić information content (AvgIpc) is 2.86. The molecule has 1 aliphatic rings. The number of rotatable bonds is 5. The SMILES string of the molecule is CCc1nnc(CNC2CCC(O)(CC)CC2)s1. The van der Waals surface area contributed by atoms with Gasteiger partial charge in [-0.3, -0.25) is 0 Å². The van der Waals surface area contributed by atoms with Crippen LogP contribution in [0.1, 0.15) is 56.0 Å². The number of nitrogens with one attached hydrogen (secondary N) is 1. The van der Waals surface area contributed by atoms with Crippen molar-refractivity contribution >= 4 is 11.3 Å². The van der Waals surface area contributed by atoms with Gasteiger partial charge in [0.1, 0.15) is 10.0 Å². The van der Waals surface area contributed by atoms with Gasteiger partial charge in [-0.15, -0.1) is 21.5 Å². The number of aliphatic hydroxyl groups is 1. The molecule has 102 valence electrons. The van der Waals surface area contributed by atoms with Crippen molar-refractivity contribution in [3.63, 3.8) is 0 Å². The molecule has 2 rings (SSSR count). The summed E-state index contributed by atoms with van der Waals surface area (Å²) in [6, 6.07) is 0.519. The molecule has 0 aliphatic heterocycles. The van der Waals surface area contributed by atoms with Crippen LogP contribution < -0.4 is 5.32 Å². The van der Waals surface area contributed by atoms with Gasteiger partial charge < -0.3 is 10.4 Å². The number of hydrogen-bond acceptors (Lipinski definition) is 5. The molecule has 1 aromatic rings. The minimum atomic E-state index is -0.406. The van der Waals surface area contributed by atoms with Crippen molar-refractivity contribution in [2.24, 2.45) is 0 Å². The lowest BCUT2D eigenvalue weighted by Gasteiger charge is -2.35. The summed E-state index contributed by atoms with van der Waals surface area (Å²) < 4.78 is 0. The zero-order chi connectivity index (χ0) is 13.0. The van der Waals surface area contributed by atoms with Gasteiger partial charge in [-0.2, -0.15) is 0 Å². The maximum absolute atomic E-state index is 10.2. The third-order valence-electron chi connectivity index (χ3n) is 3.93. The Morgan fingerprint density at radius 2 is 1.94 bits per heavy atom. The van der Waals surface area contributed by atoms with E-state index < -0.39 is 5.60 Å². The van der Waals surface area contributed by atoms with Crippen LogP contribution in [0.2, 0.25) is 0 Å². The van der Waals surface area contributed by atoms with Gasteiger partial charge in [0, 0.05) is 12.6 Å². The second-order valence-electron chi connectivity index (χ2n) is 5.18. The van der Waals surface area contributed by atoms with E-state index in [1.165, 1.54) is 0 Å². The van der Waals surface area contributed by atoms with Crippen molar-refractivity contribution in [2.45, 2.75) is 70.6 Å². The van der Waals surface area contributed by atoms with Crippen LogP contribution in [0.3, 0.4) is 0 Å². The first-order chi connectivity index (χ1) is 8.65. The highest BCUT2D eigenvalue weighted by Crippen LogP contribution is 2.30. The van der Waals surface area contributed by atoms with E-state index in [1.807, 2.05) is 0 Å². The fourth-order valence-electron chi connectivity index (χ4n) is 2.45. The number of aromatic nitrogens is 2. The standard InChI is InChI=1S/C13H23N3OS/c1-3-11-15-16-12(18-11)9-14-10-5-7-13(17,4-2)8-6-10/h10,14,17H,3-9H2,1-2H3. The second-order valence-corrected chi connectivity index (χ2v) is 6.32. The summed E-state index contributed by atoms with van der Waals surface area (Å²) in [5, 5.41) is 24.2. The molecule has 1 heterocycles. The lowest BCUT2D eigenvalue weighted by atomic mass is 9.80. The van der Waals surface area contributed by atoms with E-state index in [-0.39, 0.29) is 0 Å². The minimum absolute atomic E-state index is 0.406. The van der Waals surface area contributed by atoms with Crippen molar-refractivity contribution in [3.8, 4) is 0 Å². The van der Waals surface area contributed by atoms with Gasteiger partial charge in [-0.1, -0.05) is 13.8 Å². The monoisotopic (exact) mass is 269 g/mol. The maximum atomic E-state index is 10.2. The first-order valence-corrected chi connectivity index (χ1v) is 7.74. The molecule has 1 fully saturated rings. The van der Waals surface area contributed by atoms with E-state index in [2.05, 4.69) is 29.4 Å². The number of hydrogen-bond donors (Lipinski definition) is 2. The molecule has 0 radical (unpaired) electrons. The summed E-state index contributed by atoms with van der Waals surface area (Å²) in [4.78, 5) is 0. The molecule has 0 atom stereocenters. The zero-order valence-corrected chi connectivity index (χ0v) is 12.1. The van der Waals surface area contributed by atoms with Gasteiger partial charge in [0.05, 0.1) is 5.60 Å². The lowest BCUT2D eigenvalue weighted by Crippen LogP contribution is -2.40. The third kappa shape index (κ3) is 3.49. The predicted octanol–water partition coefficient (Wildman–Crippen LogP) is 2.27. The summed E-state index contributed by atoms with van der Waals surface area (Å²) in [5.41, 5.74) is -0.406. The molecule has 4 nitrogen and oxygen atoms in total. The molecule has 1 aromatic heterocycles. The summed E-state index contributed by atoms with van der Waals surface area (Å²) in [6.45, 7) is 4.98. The summed E-state index contributed by atoms with van der Waals surface area (Å²) >= 11 is 1.69. The van der Waals surface area contributed by atoms with Crippen molar-refractivity contribution < 1.29 is 5.11 Å². The van der Waals surface area contributed by atoms with Crippen LogP contribution in [0, 0.1) is 0 Å². The molecule has 0 aromatic carbocycles. The Kier molecular flexibility index (Phi) is 4.70. The van der Waals surface area contributed by atoms with E-state index in [9.17, 15) is 5.11 Å². The van der Waals surface area contributed by atoms with E-state index >= 15 is 0 Å². The maximum Gasteiger partial charge on any atom is 0.131 e. The Bertz CT molecular complexity index is 372. The highest BCUT2D eigenvalue weighted by atomic mass is 32.1. The van der Waals surface area contributed by atoms with Crippen molar-refractivity contribution in [2.75, 3.05) is 0 Å². The van der Waals surface area contributed by atoms with Gasteiger partial charge in [0.15, 0.2) is 0 Å². The quantitative estimate of drug-likeness (QED) is 0.861. The zero-order valence-electron chi connectivity index (χ0n) is 11.3. The molecular formula is C13H23N3OS. The van der Waals surface area contributed by atoms with Gasteiger partial charge in [-0.25, -0.2) is 0 Å². The van der Waals surface area contributed by atoms with Gasteiger partial charge in [0.25, 0.3) is 0 Å². The van der Waals surface area contributed by atoms with Crippen LogP contribution in [-0.2, 0) is 13.0 Å². The largest absolute Gasteiger partial charge is 0.390 e. The van der Waals surface area contributed by atoms with Crippen molar-refractivity contribution in [1.29, 1.82) is 0 Å². The van der Waals surface area contributed by atoms with E-state index in [4.69, 9.17) is 0 Å². The molecule has 5 heteroatoms. The molecule has 0 bridgehead atoms. The van der Waals surface area contributed by atoms with Crippen LogP contribution in [0.5, 0.6) is 0 Å². The molecule has 0 unspecified atom stereocenters. The van der Waals surface area contributed by atoms with E-state index in [0.29, 0.717) is 6.04 Å². The van der Waals surface area contributed by atoms with Crippen LogP contribution in [-0.4, -0.2) is 26.9 Å². The van der Waals surface area contributed by atoms with Gasteiger partial charge >= 0.3 is 0 Å². The lowest BCUT2D eigenvalue weighted by molar-refractivity contribution is -0.00692. The Hall–Kier alpha value is -0.520. The fraction of sp³-hybridized carbons (Fsp3) is 0.846. The average molecular weight is 269 g/mol. The molecule has 2 N–H and O–H groups in total. The normalized spacial score (nSPS) is 28.5. The van der Waals surface area contributed by atoms with Crippen LogP contribution in [0.25, 0.3) is 0 Å². The van der Waals surface area contributed by atoms with Gasteiger partial charge in [-0.05, 0) is 38.5 Å². The first kappa shape index (κ1) is 13.9. The Morgan fingerprint density at radius 3 is 2.50 bits per heavy atom. The fourth-order valence-corrected chi connectivity index (χ4v) is 3.18. The topological polar surface area (TPSA) is 58.0 Å². The second kappa shape index (κ2) is 6.08. The smallest absolute Gasteiger partial charge is 0.131 e. The van der Waals surface area contributed by atoms with E-state index in [1.54, 1.807) is 11.3 Å². The summed E-state index contributed by atoms with van der Waals surface area (Å²) in [5.74, 6) is 0. The minimum Gasteiger partial charge on any atom is -0.390 e. The van der Waals surface area contributed by atoms with Gasteiger partial charge in [0.2, 0.25) is 0 Å². The predicted molar refractivity (Wildman–Crippen MR) is 73.6 cm³/mol. The molecular weight excluding hydrogens is 246 g/mol. The number of nitrogens with zero attached hydrogens (tertiary/aromatic N) is 2. The Labute approximate surface area is 113 Å². The molecule has 1 saturated carbocycles. The van der Waals surface area contributed by atoms with Crippen LogP contribution >= 0.6 is 11.3 Å². The van der Waals surface area contributed by atoms with E-state index in [0.717, 1.165) is 55.1 Å². The molecule has 18 heavy (non-hydrogen) atoms. The van der Waals surface area contributed by atoms with Crippen LogP contribution in [0.15, 0.2) is 0 Å². The van der Waals surface area contributed by atoms with Crippen LogP contribution in [0.4, 0.5) is 0 Å². The summed E-state index contributed by atoms with van der Waals surface area (Å²) in [6.07, 6.45) is 5.78. The van der Waals surface area contributed by atoms with Crippen molar-refractivity contribution in [1.82, 2.24) is 15.5 Å². The molecule has 0 amide bonds. The third-order valence-corrected chi connectivity index (χ3v) is 5.00. The highest BCUT2D eigenvalue weighted by molar-refractivity contribution is 7.11. The van der Waals surface area contributed by atoms with Crippen molar-refractivity contribution in [3.05, 3.63) is 10.0 Å². The molecule has 1 aliphatic carbocycles. The first-order valence-electron chi connectivity index (χ1n) is 6.92. The summed E-state index contributed by atoms with van der Waals surface area (Å²) in [7, 11) is 0. The Morgan fingerprint density at radius 1 is 1.28 bits per heavy atom. The Balaban J connectivity index is 1.75. The highest BCUT2D eigenvalue weighted by Gasteiger charge is 2.31.